The number of nitrogens with one attached hydrogen (secondary N) is 1. The lowest BCUT2D eigenvalue weighted by molar-refractivity contribution is 0.0715. The normalized spacial score (nSPS) is 16.1. The lowest BCUT2D eigenvalue weighted by Gasteiger charge is -2.29. The Bertz CT molecular complexity index is 1090. The monoisotopic (exact) mass is 401 g/mol. The van der Waals surface area contributed by atoms with Gasteiger partial charge in [0.1, 0.15) is 5.92 Å². The number of rotatable bonds is 2. The summed E-state index contributed by atoms with van der Waals surface area (Å²) in [6.45, 7) is 0.551. The molecule has 0 radical (unpaired) electrons. The molecule has 1 amide bonds. The van der Waals surface area contributed by atoms with E-state index >= 15 is 0 Å². The van der Waals surface area contributed by atoms with E-state index in [1.165, 1.54) is 19.5 Å². The van der Waals surface area contributed by atoms with E-state index in [0.717, 1.165) is 16.6 Å². The first-order valence-electron chi connectivity index (χ1n) is 8.06. The minimum atomic E-state index is -0.516. The molecule has 0 unspecified atom stereocenters. The molecule has 3 aromatic rings. The Morgan fingerprint density at radius 3 is 2.78 bits per heavy atom. The number of ether oxygens (including phenoxy) is 1. The van der Waals surface area contributed by atoms with Crippen molar-refractivity contribution < 1.29 is 9.53 Å². The number of nitrogens with zero attached hydrogens (tertiary/aromatic N) is 4. The first-order valence-corrected chi connectivity index (χ1v) is 8.82. The quantitative estimate of drug-likeness (QED) is 0.708. The van der Waals surface area contributed by atoms with Crippen LogP contribution in [-0.4, -0.2) is 39.4 Å². The summed E-state index contributed by atoms with van der Waals surface area (Å²) in [7, 11) is 1.50. The number of halogens is 2. The van der Waals surface area contributed by atoms with Crippen molar-refractivity contribution in [1.29, 1.82) is 5.26 Å². The van der Waals surface area contributed by atoms with Crippen molar-refractivity contribution in [3.63, 3.8) is 0 Å². The Balaban J connectivity index is 1.74. The Hall–Kier alpha value is -2.82. The van der Waals surface area contributed by atoms with E-state index in [2.05, 4.69) is 21.0 Å². The topological polar surface area (TPSA) is 94.9 Å². The third kappa shape index (κ3) is 2.87. The summed E-state index contributed by atoms with van der Waals surface area (Å²) >= 11 is 12.4. The van der Waals surface area contributed by atoms with Gasteiger partial charge in [0, 0.05) is 29.7 Å². The highest BCUT2D eigenvalue weighted by atomic mass is 35.5. The van der Waals surface area contributed by atoms with Crippen LogP contribution in [0.1, 0.15) is 27.8 Å². The fraction of sp³-hybridized carbons (Fsp3) is 0.222. The zero-order chi connectivity index (χ0) is 19.1. The van der Waals surface area contributed by atoms with Crippen LogP contribution >= 0.6 is 23.2 Å². The molecular formula is C18H13Cl2N5O2. The van der Waals surface area contributed by atoms with Gasteiger partial charge in [0.15, 0.2) is 5.75 Å². The summed E-state index contributed by atoms with van der Waals surface area (Å²) in [6.07, 6.45) is 2.87. The van der Waals surface area contributed by atoms with Crippen LogP contribution in [0.4, 0.5) is 0 Å². The van der Waals surface area contributed by atoms with E-state index in [9.17, 15) is 10.1 Å². The summed E-state index contributed by atoms with van der Waals surface area (Å²) in [5.74, 6) is -0.349. The number of carbonyl (C=O) groups is 1. The summed E-state index contributed by atoms with van der Waals surface area (Å²) in [4.78, 5) is 25.7. The van der Waals surface area contributed by atoms with E-state index in [0.29, 0.717) is 27.9 Å². The molecule has 3 heterocycles. The third-order valence-electron chi connectivity index (χ3n) is 4.60. The molecule has 1 aliphatic rings. The molecule has 1 aliphatic heterocycles. The van der Waals surface area contributed by atoms with Crippen LogP contribution in [0.25, 0.3) is 10.9 Å². The zero-order valence-corrected chi connectivity index (χ0v) is 15.7. The molecule has 136 valence electrons. The van der Waals surface area contributed by atoms with Crippen molar-refractivity contribution in [1.82, 2.24) is 19.9 Å². The van der Waals surface area contributed by atoms with Crippen LogP contribution in [0.3, 0.4) is 0 Å². The second-order valence-electron chi connectivity index (χ2n) is 6.12. The largest absolute Gasteiger partial charge is 0.494 e. The predicted octanol–water partition coefficient (Wildman–Crippen LogP) is 3.54. The lowest BCUT2D eigenvalue weighted by Crippen LogP contribution is -2.38. The van der Waals surface area contributed by atoms with Gasteiger partial charge in [-0.1, -0.05) is 29.3 Å². The maximum absolute atomic E-state index is 12.8. The van der Waals surface area contributed by atoms with E-state index in [4.69, 9.17) is 27.9 Å². The molecule has 0 spiro atoms. The molecule has 7 nitrogen and oxygen atoms in total. The SMILES string of the molecule is COc1cnc(C(=O)N2Cc3c([nH]c4c(Cl)c(Cl)ccc34)[C@H](C#N)C2)nc1. The number of carbonyl (C=O) groups excluding carboxylic acids is 1. The minimum Gasteiger partial charge on any atom is -0.494 e. The smallest absolute Gasteiger partial charge is 0.292 e. The van der Waals surface area contributed by atoms with Gasteiger partial charge in [-0.3, -0.25) is 4.79 Å². The number of nitriles is 1. The number of amides is 1. The molecule has 1 N–H and O–H groups in total. The first kappa shape index (κ1) is 17.6. The first-order chi connectivity index (χ1) is 13.0. The molecule has 2 aromatic heterocycles. The number of H-pyrrole nitrogens is 1. The van der Waals surface area contributed by atoms with E-state index in [1.807, 2.05) is 6.07 Å². The molecule has 0 fully saturated rings. The maximum Gasteiger partial charge on any atom is 0.292 e. The summed E-state index contributed by atoms with van der Waals surface area (Å²) in [6, 6.07) is 5.79. The number of benzene rings is 1. The van der Waals surface area contributed by atoms with Crippen molar-refractivity contribution in [3.8, 4) is 11.8 Å². The molecule has 9 heteroatoms. The molecule has 0 saturated heterocycles. The minimum absolute atomic E-state index is 0.0526. The Labute approximate surface area is 164 Å². The zero-order valence-electron chi connectivity index (χ0n) is 14.2. The number of fused-ring (bicyclic) bond motifs is 3. The Morgan fingerprint density at radius 1 is 1.37 bits per heavy atom. The fourth-order valence-corrected chi connectivity index (χ4v) is 3.62. The fourth-order valence-electron chi connectivity index (χ4n) is 3.25. The Morgan fingerprint density at radius 2 is 2.11 bits per heavy atom. The highest BCUT2D eigenvalue weighted by Crippen LogP contribution is 2.38. The molecule has 1 atom stereocenters. The summed E-state index contributed by atoms with van der Waals surface area (Å²) < 4.78 is 5.01. The van der Waals surface area contributed by atoms with Gasteiger partial charge in [-0.05, 0) is 6.07 Å². The average molecular weight is 402 g/mol. The highest BCUT2D eigenvalue weighted by molar-refractivity contribution is 6.45. The van der Waals surface area contributed by atoms with Crippen molar-refractivity contribution in [2.75, 3.05) is 13.7 Å². The number of hydrogen-bond donors (Lipinski definition) is 1. The van der Waals surface area contributed by atoms with Crippen molar-refractivity contribution in [2.45, 2.75) is 12.5 Å². The van der Waals surface area contributed by atoms with Crippen molar-refractivity contribution in [3.05, 3.63) is 51.7 Å². The van der Waals surface area contributed by atoms with Crippen LogP contribution < -0.4 is 4.74 Å². The summed E-state index contributed by atoms with van der Waals surface area (Å²) in [5, 5.41) is 11.3. The van der Waals surface area contributed by atoms with Gasteiger partial charge in [-0.2, -0.15) is 5.26 Å². The predicted molar refractivity (Wildman–Crippen MR) is 100.0 cm³/mol. The Kier molecular flexibility index (Phi) is 4.38. The third-order valence-corrected chi connectivity index (χ3v) is 5.41. The average Bonchev–Trinajstić information content (AvgIpc) is 3.09. The molecule has 0 bridgehead atoms. The van der Waals surface area contributed by atoms with Crippen LogP contribution in [0, 0.1) is 11.3 Å². The number of hydrogen-bond acceptors (Lipinski definition) is 5. The molecule has 0 aliphatic carbocycles. The van der Waals surface area contributed by atoms with Gasteiger partial charge in [0.2, 0.25) is 5.82 Å². The van der Waals surface area contributed by atoms with Gasteiger partial charge in [-0.15, -0.1) is 0 Å². The second kappa shape index (κ2) is 6.72. The summed E-state index contributed by atoms with van der Waals surface area (Å²) in [5.41, 5.74) is 2.28. The van der Waals surface area contributed by atoms with Gasteiger partial charge < -0.3 is 14.6 Å². The molecule has 0 saturated carbocycles. The highest BCUT2D eigenvalue weighted by Gasteiger charge is 2.33. The lowest BCUT2D eigenvalue weighted by atomic mass is 9.96. The van der Waals surface area contributed by atoms with Crippen molar-refractivity contribution >= 4 is 40.0 Å². The van der Waals surface area contributed by atoms with E-state index in [1.54, 1.807) is 11.0 Å². The number of aromatic nitrogens is 3. The van der Waals surface area contributed by atoms with E-state index < -0.39 is 5.92 Å². The van der Waals surface area contributed by atoms with E-state index in [-0.39, 0.29) is 18.3 Å². The van der Waals surface area contributed by atoms with Gasteiger partial charge in [-0.25, -0.2) is 9.97 Å². The second-order valence-corrected chi connectivity index (χ2v) is 6.90. The van der Waals surface area contributed by atoms with Crippen LogP contribution in [0.2, 0.25) is 10.0 Å². The van der Waals surface area contributed by atoms with Gasteiger partial charge >= 0.3 is 0 Å². The molecule has 27 heavy (non-hydrogen) atoms. The molecule has 1 aromatic carbocycles. The molecule has 4 rings (SSSR count). The van der Waals surface area contributed by atoms with Crippen molar-refractivity contribution in [2.24, 2.45) is 0 Å². The van der Waals surface area contributed by atoms with Crippen LogP contribution in [0.5, 0.6) is 5.75 Å². The number of aromatic amines is 1. The standard InChI is InChI=1S/C18H13Cl2N5O2/c1-27-10-5-22-17(23-6-10)18(26)25-7-9(4-21)15-12(8-25)11-2-3-13(19)14(20)16(11)24-15/h2-3,5-6,9,24H,7-8H2,1H3/t9-/m1/s1. The van der Waals surface area contributed by atoms with Crippen LogP contribution in [0.15, 0.2) is 24.5 Å². The number of methoxy groups -OCH3 is 1. The van der Waals surface area contributed by atoms with Gasteiger partial charge in [0.25, 0.3) is 5.91 Å². The van der Waals surface area contributed by atoms with Crippen LogP contribution in [-0.2, 0) is 6.54 Å². The molecular weight excluding hydrogens is 389 g/mol. The maximum atomic E-state index is 12.8. The van der Waals surface area contributed by atoms with Gasteiger partial charge in [0.05, 0.1) is 41.1 Å².